The zero-order valence-corrected chi connectivity index (χ0v) is 19.1. The van der Waals surface area contributed by atoms with Gasteiger partial charge < -0.3 is 20.3 Å². The minimum absolute atomic E-state index is 0. The Hall–Kier alpha value is -2.69. The van der Waals surface area contributed by atoms with Crippen molar-refractivity contribution in [3.8, 4) is 10.6 Å². The van der Waals surface area contributed by atoms with E-state index in [1.807, 2.05) is 29.2 Å². The molecule has 3 aromatic rings. The molecule has 0 unspecified atom stereocenters. The molecule has 1 aromatic carbocycles. The smallest absolute Gasteiger partial charge is 0.264 e. The predicted molar refractivity (Wildman–Crippen MR) is 128 cm³/mol. The van der Waals surface area contributed by atoms with Crippen molar-refractivity contribution in [2.45, 2.75) is 25.3 Å². The van der Waals surface area contributed by atoms with Crippen LogP contribution in [0.2, 0.25) is 0 Å². The van der Waals surface area contributed by atoms with E-state index in [9.17, 15) is 9.59 Å². The van der Waals surface area contributed by atoms with Crippen LogP contribution in [0.15, 0.2) is 29.1 Å². The molecule has 11 heteroatoms. The van der Waals surface area contributed by atoms with Gasteiger partial charge in [-0.15, -0.1) is 23.7 Å². The number of para-hydroxylation sites is 1. The van der Waals surface area contributed by atoms with Gasteiger partial charge in [-0.3, -0.25) is 14.6 Å². The van der Waals surface area contributed by atoms with Crippen LogP contribution in [0.1, 0.15) is 19.3 Å². The van der Waals surface area contributed by atoms with Gasteiger partial charge in [-0.25, -0.2) is 4.98 Å². The van der Waals surface area contributed by atoms with Gasteiger partial charge in [0.15, 0.2) is 0 Å². The first-order valence-electron chi connectivity index (χ1n) is 10.6. The number of hydrogen-bond acceptors (Lipinski definition) is 8. The monoisotopic (exact) mass is 476 g/mol. The molecule has 3 N–H and O–H groups in total. The van der Waals surface area contributed by atoms with E-state index in [2.05, 4.69) is 20.6 Å². The SMILES string of the molecule is Cl.O=C1NCCCC[C@H]1Nc1nc(N2CCOCC2)[nH]c(=O)c1-c1nc2ccccc2s1. The second-order valence-corrected chi connectivity index (χ2v) is 8.71. The summed E-state index contributed by atoms with van der Waals surface area (Å²) >= 11 is 1.44. The van der Waals surface area contributed by atoms with Gasteiger partial charge in [-0.1, -0.05) is 12.1 Å². The fourth-order valence-electron chi connectivity index (χ4n) is 3.91. The Labute approximate surface area is 195 Å². The number of carbonyl (C=O) groups is 1. The van der Waals surface area contributed by atoms with E-state index in [-0.39, 0.29) is 23.9 Å². The van der Waals surface area contributed by atoms with Crippen molar-refractivity contribution in [2.75, 3.05) is 43.1 Å². The third-order valence-electron chi connectivity index (χ3n) is 5.57. The summed E-state index contributed by atoms with van der Waals surface area (Å²) in [5.74, 6) is 0.809. The molecule has 2 aromatic heterocycles. The number of ether oxygens (including phenoxy) is 1. The lowest BCUT2D eigenvalue weighted by Crippen LogP contribution is -2.40. The van der Waals surface area contributed by atoms with Crippen LogP contribution in [0.5, 0.6) is 0 Å². The number of nitrogens with one attached hydrogen (secondary N) is 3. The molecular formula is C21H25ClN6O3S. The highest BCUT2D eigenvalue weighted by Gasteiger charge is 2.26. The number of hydrogen-bond donors (Lipinski definition) is 3. The van der Waals surface area contributed by atoms with Crippen LogP contribution in [0.4, 0.5) is 11.8 Å². The van der Waals surface area contributed by atoms with E-state index in [0.29, 0.717) is 61.6 Å². The Balaban J connectivity index is 0.00000245. The number of H-pyrrole nitrogens is 1. The maximum Gasteiger partial charge on any atom is 0.264 e. The van der Waals surface area contributed by atoms with Crippen LogP contribution in [0.25, 0.3) is 20.8 Å². The minimum Gasteiger partial charge on any atom is -0.378 e. The van der Waals surface area contributed by atoms with E-state index in [1.165, 1.54) is 11.3 Å². The van der Waals surface area contributed by atoms with Gasteiger partial charge in [0.25, 0.3) is 5.56 Å². The fourth-order valence-corrected chi connectivity index (χ4v) is 4.92. The van der Waals surface area contributed by atoms with E-state index in [1.54, 1.807) is 0 Å². The lowest BCUT2D eigenvalue weighted by molar-refractivity contribution is -0.121. The highest BCUT2D eigenvalue weighted by Crippen LogP contribution is 2.32. The quantitative estimate of drug-likeness (QED) is 0.530. The molecule has 1 atom stereocenters. The Bertz CT molecular complexity index is 1130. The molecule has 0 radical (unpaired) electrons. The van der Waals surface area contributed by atoms with Gasteiger partial charge >= 0.3 is 0 Å². The number of nitrogens with zero attached hydrogens (tertiary/aromatic N) is 3. The Morgan fingerprint density at radius 3 is 2.75 bits per heavy atom. The molecule has 0 saturated carbocycles. The zero-order valence-electron chi connectivity index (χ0n) is 17.4. The van der Waals surface area contributed by atoms with Gasteiger partial charge in [0.1, 0.15) is 22.4 Å². The maximum atomic E-state index is 13.2. The van der Waals surface area contributed by atoms with Gasteiger partial charge in [-0.05, 0) is 31.4 Å². The summed E-state index contributed by atoms with van der Waals surface area (Å²) in [6.45, 7) is 3.12. The molecule has 0 spiro atoms. The summed E-state index contributed by atoms with van der Waals surface area (Å²) < 4.78 is 6.41. The first-order chi connectivity index (χ1) is 15.2. The van der Waals surface area contributed by atoms with Crippen LogP contribution in [-0.4, -0.2) is 59.7 Å². The second-order valence-electron chi connectivity index (χ2n) is 7.68. The summed E-state index contributed by atoms with van der Waals surface area (Å²) in [5.41, 5.74) is 0.930. The Morgan fingerprint density at radius 2 is 1.94 bits per heavy atom. The fraction of sp³-hybridized carbons (Fsp3) is 0.429. The summed E-state index contributed by atoms with van der Waals surface area (Å²) in [6, 6.07) is 7.33. The molecule has 9 nitrogen and oxygen atoms in total. The molecule has 2 saturated heterocycles. The molecule has 0 aliphatic carbocycles. The average Bonchev–Trinajstić information content (AvgIpc) is 3.11. The number of anilines is 2. The van der Waals surface area contributed by atoms with Gasteiger partial charge in [0.2, 0.25) is 11.9 Å². The molecule has 0 bridgehead atoms. The van der Waals surface area contributed by atoms with Crippen molar-refractivity contribution in [1.29, 1.82) is 0 Å². The van der Waals surface area contributed by atoms with Crippen LogP contribution in [0, 0.1) is 0 Å². The molecule has 5 rings (SSSR count). The maximum absolute atomic E-state index is 13.2. The molecule has 2 aliphatic rings. The van der Waals surface area contributed by atoms with E-state index in [0.717, 1.165) is 23.1 Å². The highest BCUT2D eigenvalue weighted by molar-refractivity contribution is 7.21. The topological polar surface area (TPSA) is 112 Å². The second kappa shape index (κ2) is 9.85. The van der Waals surface area contributed by atoms with Crippen LogP contribution >= 0.6 is 23.7 Å². The van der Waals surface area contributed by atoms with Crippen LogP contribution in [0.3, 0.4) is 0 Å². The number of aromatic nitrogens is 3. The number of thiazole rings is 1. The first-order valence-corrected chi connectivity index (χ1v) is 11.4. The number of aromatic amines is 1. The summed E-state index contributed by atoms with van der Waals surface area (Å²) in [5, 5.41) is 6.78. The molecule has 2 aliphatic heterocycles. The number of carbonyl (C=O) groups excluding carboxylic acids is 1. The third-order valence-corrected chi connectivity index (χ3v) is 6.63. The van der Waals surface area contributed by atoms with E-state index < -0.39 is 6.04 Å². The number of morpholine rings is 1. The van der Waals surface area contributed by atoms with Crippen molar-refractivity contribution in [2.24, 2.45) is 0 Å². The largest absolute Gasteiger partial charge is 0.378 e. The Morgan fingerprint density at radius 1 is 1.12 bits per heavy atom. The summed E-state index contributed by atoms with van der Waals surface area (Å²) in [7, 11) is 0. The standard InChI is InChI=1S/C21H24N6O3S.ClH/c28-18-14(6-3-4-8-22-18)23-17-16(20-24-13-5-1-2-7-15(13)31-20)19(29)26-21(25-17)27-9-11-30-12-10-27;/h1-2,5,7,14H,3-4,6,8-12H2,(H,22,28)(H2,23,25,26,29);1H/t14-;/m1./s1. The normalized spacial score (nSPS) is 19.2. The van der Waals surface area contributed by atoms with E-state index in [4.69, 9.17) is 9.72 Å². The number of benzene rings is 1. The summed E-state index contributed by atoms with van der Waals surface area (Å²) in [4.78, 5) is 40.1. The zero-order chi connectivity index (χ0) is 21.2. The minimum atomic E-state index is -0.442. The molecule has 32 heavy (non-hydrogen) atoms. The number of rotatable bonds is 4. The Kier molecular flexibility index (Phi) is 6.92. The number of fused-ring (bicyclic) bond motifs is 1. The average molecular weight is 477 g/mol. The first kappa shape index (κ1) is 22.5. The van der Waals surface area contributed by atoms with Crippen molar-refractivity contribution in [3.63, 3.8) is 0 Å². The van der Waals surface area contributed by atoms with Crippen LogP contribution in [-0.2, 0) is 9.53 Å². The van der Waals surface area contributed by atoms with Gasteiger partial charge in [-0.2, -0.15) is 4.98 Å². The number of amides is 1. The lowest BCUT2D eigenvalue weighted by atomic mass is 10.1. The molecule has 1 amide bonds. The van der Waals surface area contributed by atoms with Crippen molar-refractivity contribution < 1.29 is 9.53 Å². The van der Waals surface area contributed by atoms with Crippen LogP contribution < -0.4 is 21.1 Å². The predicted octanol–water partition coefficient (Wildman–Crippen LogP) is 2.39. The van der Waals surface area contributed by atoms with Crippen molar-refractivity contribution in [3.05, 3.63) is 34.6 Å². The third kappa shape index (κ3) is 4.57. The van der Waals surface area contributed by atoms with Crippen molar-refractivity contribution in [1.82, 2.24) is 20.3 Å². The molecule has 2 fully saturated rings. The van der Waals surface area contributed by atoms with E-state index >= 15 is 0 Å². The summed E-state index contributed by atoms with van der Waals surface area (Å²) in [6.07, 6.45) is 2.55. The highest BCUT2D eigenvalue weighted by atomic mass is 35.5. The van der Waals surface area contributed by atoms with Gasteiger partial charge in [0.05, 0.1) is 23.4 Å². The molecule has 170 valence electrons. The molecule has 4 heterocycles. The van der Waals surface area contributed by atoms with Gasteiger partial charge in [0, 0.05) is 19.6 Å². The number of halogens is 1. The molecular weight excluding hydrogens is 452 g/mol. The van der Waals surface area contributed by atoms with Crippen molar-refractivity contribution >= 4 is 51.6 Å². The lowest BCUT2D eigenvalue weighted by Gasteiger charge is -2.28.